The SMILES string of the molecule is CCN(C(=O)OC(C)(C)C)C(C(=O)O)c1cc(Cl)ccc1F. The van der Waals surface area contributed by atoms with E-state index in [-0.39, 0.29) is 17.1 Å². The third kappa shape index (κ3) is 4.59. The van der Waals surface area contributed by atoms with Gasteiger partial charge < -0.3 is 9.84 Å². The topological polar surface area (TPSA) is 66.8 Å². The molecule has 122 valence electrons. The van der Waals surface area contributed by atoms with Crippen LogP contribution in [-0.2, 0) is 9.53 Å². The zero-order chi connectivity index (χ0) is 17.1. The zero-order valence-electron chi connectivity index (χ0n) is 12.9. The molecule has 1 aromatic rings. The number of halogens is 2. The molecule has 0 heterocycles. The summed E-state index contributed by atoms with van der Waals surface area (Å²) >= 11 is 5.81. The summed E-state index contributed by atoms with van der Waals surface area (Å²) in [7, 11) is 0. The molecular formula is C15H19ClFNO4. The van der Waals surface area contributed by atoms with Crippen molar-refractivity contribution in [1.29, 1.82) is 0 Å². The number of carboxylic acids is 1. The molecule has 1 atom stereocenters. The first-order chi connectivity index (χ1) is 10.1. The zero-order valence-corrected chi connectivity index (χ0v) is 13.6. The molecule has 1 aromatic carbocycles. The van der Waals surface area contributed by atoms with Gasteiger partial charge in [0.2, 0.25) is 0 Å². The summed E-state index contributed by atoms with van der Waals surface area (Å²) in [6.07, 6.45) is -0.832. The van der Waals surface area contributed by atoms with Crippen molar-refractivity contribution in [3.8, 4) is 0 Å². The number of ether oxygens (including phenoxy) is 1. The second kappa shape index (κ2) is 6.96. The fourth-order valence-corrected chi connectivity index (χ4v) is 2.08. The molecule has 1 N–H and O–H groups in total. The van der Waals surface area contributed by atoms with Crippen molar-refractivity contribution in [2.45, 2.75) is 39.3 Å². The maximum Gasteiger partial charge on any atom is 0.411 e. The lowest BCUT2D eigenvalue weighted by atomic mass is 10.0. The molecule has 1 amide bonds. The number of amides is 1. The van der Waals surface area contributed by atoms with Crippen molar-refractivity contribution >= 4 is 23.7 Å². The van der Waals surface area contributed by atoms with Gasteiger partial charge in [-0.2, -0.15) is 0 Å². The fourth-order valence-electron chi connectivity index (χ4n) is 1.90. The van der Waals surface area contributed by atoms with E-state index in [2.05, 4.69) is 0 Å². The Balaban J connectivity index is 3.25. The minimum Gasteiger partial charge on any atom is -0.479 e. The van der Waals surface area contributed by atoms with Crippen LogP contribution in [0.3, 0.4) is 0 Å². The Labute approximate surface area is 133 Å². The van der Waals surface area contributed by atoms with Crippen LogP contribution in [0.15, 0.2) is 18.2 Å². The highest BCUT2D eigenvalue weighted by Crippen LogP contribution is 2.28. The maximum absolute atomic E-state index is 14.0. The summed E-state index contributed by atoms with van der Waals surface area (Å²) < 4.78 is 19.2. The molecule has 0 aliphatic carbocycles. The molecule has 0 radical (unpaired) electrons. The highest BCUT2D eigenvalue weighted by atomic mass is 35.5. The number of nitrogens with zero attached hydrogens (tertiary/aromatic N) is 1. The number of hydrogen-bond donors (Lipinski definition) is 1. The van der Waals surface area contributed by atoms with Gasteiger partial charge in [0.15, 0.2) is 6.04 Å². The molecule has 0 bridgehead atoms. The number of rotatable bonds is 4. The molecular weight excluding hydrogens is 313 g/mol. The van der Waals surface area contributed by atoms with Gasteiger partial charge in [0.1, 0.15) is 11.4 Å². The number of carbonyl (C=O) groups is 2. The minimum atomic E-state index is -1.52. The Morgan fingerprint density at radius 2 is 2.00 bits per heavy atom. The monoisotopic (exact) mass is 331 g/mol. The third-order valence-electron chi connectivity index (χ3n) is 2.77. The van der Waals surface area contributed by atoms with Crippen molar-refractivity contribution in [2.75, 3.05) is 6.54 Å². The molecule has 0 saturated carbocycles. The summed E-state index contributed by atoms with van der Waals surface area (Å²) in [5, 5.41) is 9.61. The van der Waals surface area contributed by atoms with Gasteiger partial charge in [-0.05, 0) is 45.9 Å². The number of hydrogen-bond acceptors (Lipinski definition) is 3. The average Bonchev–Trinajstić information content (AvgIpc) is 2.36. The van der Waals surface area contributed by atoms with Gasteiger partial charge in [0, 0.05) is 17.1 Å². The molecule has 0 spiro atoms. The van der Waals surface area contributed by atoms with Crippen LogP contribution in [0.5, 0.6) is 0 Å². The van der Waals surface area contributed by atoms with E-state index in [0.717, 1.165) is 11.0 Å². The largest absolute Gasteiger partial charge is 0.479 e. The van der Waals surface area contributed by atoms with E-state index in [9.17, 15) is 19.1 Å². The Hall–Kier alpha value is -1.82. The second-order valence-electron chi connectivity index (χ2n) is 5.67. The second-order valence-corrected chi connectivity index (χ2v) is 6.11. The molecule has 0 fully saturated rings. The van der Waals surface area contributed by atoms with Gasteiger partial charge in [-0.1, -0.05) is 11.6 Å². The Kier molecular flexibility index (Phi) is 5.77. The van der Waals surface area contributed by atoms with E-state index in [1.807, 2.05) is 0 Å². The molecule has 0 aliphatic heterocycles. The van der Waals surface area contributed by atoms with E-state index >= 15 is 0 Å². The first-order valence-electron chi connectivity index (χ1n) is 6.74. The Bertz CT molecular complexity index is 571. The van der Waals surface area contributed by atoms with E-state index < -0.39 is 29.5 Å². The van der Waals surface area contributed by atoms with E-state index in [0.29, 0.717) is 0 Å². The summed E-state index contributed by atoms with van der Waals surface area (Å²) in [4.78, 5) is 24.7. The van der Waals surface area contributed by atoms with Gasteiger partial charge >= 0.3 is 12.1 Å². The molecule has 1 rings (SSSR count). The Morgan fingerprint density at radius 1 is 1.41 bits per heavy atom. The van der Waals surface area contributed by atoms with Crippen LogP contribution in [0.25, 0.3) is 0 Å². The van der Waals surface area contributed by atoms with Crippen LogP contribution >= 0.6 is 11.6 Å². The average molecular weight is 332 g/mol. The van der Waals surface area contributed by atoms with Crippen LogP contribution < -0.4 is 0 Å². The normalized spacial score (nSPS) is 12.6. The van der Waals surface area contributed by atoms with Crippen molar-refractivity contribution < 1.29 is 23.8 Å². The molecule has 1 unspecified atom stereocenters. The molecule has 22 heavy (non-hydrogen) atoms. The lowest BCUT2D eigenvalue weighted by Crippen LogP contribution is -2.42. The quantitative estimate of drug-likeness (QED) is 0.909. The lowest BCUT2D eigenvalue weighted by molar-refractivity contribution is -0.143. The van der Waals surface area contributed by atoms with Gasteiger partial charge in [0.05, 0.1) is 0 Å². The van der Waals surface area contributed by atoms with E-state index in [4.69, 9.17) is 16.3 Å². The van der Waals surface area contributed by atoms with Crippen LogP contribution in [0.1, 0.15) is 39.3 Å². The maximum atomic E-state index is 14.0. The first-order valence-corrected chi connectivity index (χ1v) is 7.12. The molecule has 7 heteroatoms. The molecule has 0 aliphatic rings. The van der Waals surface area contributed by atoms with Crippen LogP contribution in [0.2, 0.25) is 5.02 Å². The van der Waals surface area contributed by atoms with Gasteiger partial charge in [-0.25, -0.2) is 14.0 Å². The van der Waals surface area contributed by atoms with E-state index in [1.165, 1.54) is 12.1 Å². The Morgan fingerprint density at radius 3 is 2.45 bits per heavy atom. The minimum absolute atomic E-state index is 0.0395. The molecule has 0 saturated heterocycles. The van der Waals surface area contributed by atoms with Crippen molar-refractivity contribution in [1.82, 2.24) is 4.90 Å². The van der Waals surface area contributed by atoms with Crippen molar-refractivity contribution in [3.63, 3.8) is 0 Å². The summed E-state index contributed by atoms with van der Waals surface area (Å²) in [6.45, 7) is 6.61. The summed E-state index contributed by atoms with van der Waals surface area (Å²) in [5.41, 5.74) is -0.979. The predicted molar refractivity (Wildman–Crippen MR) is 80.4 cm³/mol. The van der Waals surface area contributed by atoms with Gasteiger partial charge in [0.25, 0.3) is 0 Å². The van der Waals surface area contributed by atoms with Crippen LogP contribution in [-0.4, -0.2) is 34.2 Å². The third-order valence-corrected chi connectivity index (χ3v) is 3.00. The number of likely N-dealkylation sites (N-methyl/N-ethyl adjacent to an activating group) is 1. The number of carboxylic acid groups (broad SMARTS) is 1. The van der Waals surface area contributed by atoms with Crippen molar-refractivity contribution in [2.24, 2.45) is 0 Å². The number of aliphatic carboxylic acids is 1. The smallest absolute Gasteiger partial charge is 0.411 e. The fraction of sp³-hybridized carbons (Fsp3) is 0.467. The van der Waals surface area contributed by atoms with Crippen LogP contribution in [0, 0.1) is 5.82 Å². The van der Waals surface area contributed by atoms with Gasteiger partial charge in [-0.15, -0.1) is 0 Å². The number of benzene rings is 1. The number of carbonyl (C=O) groups excluding carboxylic acids is 1. The molecule has 5 nitrogen and oxygen atoms in total. The summed E-state index contributed by atoms with van der Waals surface area (Å²) in [5.74, 6) is -2.12. The summed E-state index contributed by atoms with van der Waals surface area (Å²) in [6, 6.07) is 2.06. The highest BCUT2D eigenvalue weighted by Gasteiger charge is 2.35. The van der Waals surface area contributed by atoms with Gasteiger partial charge in [-0.3, -0.25) is 4.90 Å². The standard InChI is InChI=1S/C15H19ClFNO4/c1-5-18(14(21)22-15(2,3)4)12(13(19)20)10-8-9(16)6-7-11(10)17/h6-8,12H,5H2,1-4H3,(H,19,20). The lowest BCUT2D eigenvalue weighted by Gasteiger charge is -2.31. The van der Waals surface area contributed by atoms with Crippen LogP contribution in [0.4, 0.5) is 9.18 Å². The van der Waals surface area contributed by atoms with Crippen molar-refractivity contribution in [3.05, 3.63) is 34.6 Å². The first kappa shape index (κ1) is 18.2. The van der Waals surface area contributed by atoms with E-state index in [1.54, 1.807) is 27.7 Å². The predicted octanol–water partition coefficient (Wildman–Crippen LogP) is 3.86. The molecule has 0 aromatic heterocycles. The highest BCUT2D eigenvalue weighted by molar-refractivity contribution is 6.30.